The van der Waals surface area contributed by atoms with Gasteiger partial charge in [0.05, 0.1) is 23.8 Å². The number of nitrogens with zero attached hydrogens (tertiary/aromatic N) is 5. The van der Waals surface area contributed by atoms with E-state index < -0.39 is 0 Å². The number of rotatable bonds is 4. The summed E-state index contributed by atoms with van der Waals surface area (Å²) in [6.07, 6.45) is 5.41. The Morgan fingerprint density at radius 3 is 2.79 bits per heavy atom. The van der Waals surface area contributed by atoms with Gasteiger partial charge >= 0.3 is 0 Å². The minimum absolute atomic E-state index is 0.0373. The van der Waals surface area contributed by atoms with Gasteiger partial charge in [0.25, 0.3) is 5.91 Å². The van der Waals surface area contributed by atoms with Gasteiger partial charge in [0.2, 0.25) is 5.91 Å². The van der Waals surface area contributed by atoms with E-state index in [-0.39, 0.29) is 17.9 Å². The summed E-state index contributed by atoms with van der Waals surface area (Å²) < 4.78 is 1.94. The quantitative estimate of drug-likeness (QED) is 0.701. The van der Waals surface area contributed by atoms with Crippen molar-refractivity contribution in [2.45, 2.75) is 32.4 Å². The largest absolute Gasteiger partial charge is 0.334 e. The number of likely N-dealkylation sites (tertiary alicyclic amines) is 1. The molecule has 4 rings (SSSR count). The third-order valence-electron chi connectivity index (χ3n) is 5.21. The van der Waals surface area contributed by atoms with E-state index in [0.29, 0.717) is 12.2 Å². The van der Waals surface area contributed by atoms with E-state index in [2.05, 4.69) is 4.98 Å². The first-order chi connectivity index (χ1) is 13.6. The molecule has 1 fully saturated rings. The Bertz CT molecular complexity index is 1010. The van der Waals surface area contributed by atoms with Crippen LogP contribution in [0.3, 0.4) is 0 Å². The van der Waals surface area contributed by atoms with Crippen LogP contribution in [0.5, 0.6) is 0 Å². The fourth-order valence-corrected chi connectivity index (χ4v) is 3.85. The van der Waals surface area contributed by atoms with Crippen LogP contribution in [0, 0.1) is 0 Å². The fourth-order valence-electron chi connectivity index (χ4n) is 3.85. The smallest absolute Gasteiger partial charge is 0.274 e. The molecule has 1 saturated heterocycles. The summed E-state index contributed by atoms with van der Waals surface area (Å²) in [5.41, 5.74) is 1.98. The highest BCUT2D eigenvalue weighted by molar-refractivity contribution is 5.99. The first-order valence-corrected chi connectivity index (χ1v) is 9.46. The Kier molecular flexibility index (Phi) is 4.81. The Labute approximate surface area is 163 Å². The number of pyridine rings is 2. The van der Waals surface area contributed by atoms with Gasteiger partial charge < -0.3 is 14.2 Å². The first kappa shape index (κ1) is 18.2. The number of fused-ring (bicyclic) bond motifs is 1. The summed E-state index contributed by atoms with van der Waals surface area (Å²) in [5, 5.41) is 0. The Morgan fingerprint density at radius 2 is 2.04 bits per heavy atom. The van der Waals surface area contributed by atoms with Crippen molar-refractivity contribution in [3.63, 3.8) is 0 Å². The molecule has 1 unspecified atom stereocenters. The van der Waals surface area contributed by atoms with Crippen molar-refractivity contribution < 1.29 is 9.59 Å². The third kappa shape index (κ3) is 3.24. The number of imidazole rings is 1. The SMILES string of the molecule is CC(=O)N1CCCC1c1nc(C(=O)N(C)Cc2ccccn2)c2ccccn12. The lowest BCUT2D eigenvalue weighted by Crippen LogP contribution is -2.29. The van der Waals surface area contributed by atoms with Crippen LogP contribution in [0.1, 0.15) is 47.8 Å². The zero-order valence-corrected chi connectivity index (χ0v) is 16.1. The number of carbonyl (C=O) groups is 2. The predicted molar refractivity (Wildman–Crippen MR) is 105 cm³/mol. The molecule has 0 radical (unpaired) electrons. The number of aromatic nitrogens is 3. The Morgan fingerprint density at radius 1 is 1.21 bits per heavy atom. The molecule has 28 heavy (non-hydrogen) atoms. The highest BCUT2D eigenvalue weighted by atomic mass is 16.2. The lowest BCUT2D eigenvalue weighted by Gasteiger charge is -2.22. The summed E-state index contributed by atoms with van der Waals surface area (Å²) in [5.74, 6) is 0.626. The molecule has 0 aromatic carbocycles. The average Bonchev–Trinajstić information content (AvgIpc) is 3.33. The Balaban J connectivity index is 1.70. The van der Waals surface area contributed by atoms with Crippen molar-refractivity contribution in [2.24, 2.45) is 0 Å². The van der Waals surface area contributed by atoms with Crippen molar-refractivity contribution in [2.75, 3.05) is 13.6 Å². The summed E-state index contributed by atoms with van der Waals surface area (Å²) in [4.78, 5) is 37.7. The molecule has 7 heteroatoms. The Hall–Kier alpha value is -3.22. The lowest BCUT2D eigenvalue weighted by molar-refractivity contribution is -0.129. The maximum absolute atomic E-state index is 13.1. The van der Waals surface area contributed by atoms with Gasteiger partial charge in [-0.05, 0) is 37.1 Å². The van der Waals surface area contributed by atoms with Gasteiger partial charge in [-0.1, -0.05) is 12.1 Å². The van der Waals surface area contributed by atoms with Crippen LogP contribution >= 0.6 is 0 Å². The summed E-state index contributed by atoms with van der Waals surface area (Å²) in [6, 6.07) is 11.2. The molecule has 0 spiro atoms. The molecule has 0 bridgehead atoms. The van der Waals surface area contributed by atoms with Crippen LogP contribution in [-0.4, -0.2) is 49.6 Å². The van der Waals surface area contributed by atoms with E-state index in [9.17, 15) is 9.59 Å². The van der Waals surface area contributed by atoms with E-state index in [1.54, 1.807) is 25.1 Å². The molecule has 3 aromatic rings. The van der Waals surface area contributed by atoms with E-state index in [1.807, 2.05) is 51.9 Å². The molecule has 0 N–H and O–H groups in total. The van der Waals surface area contributed by atoms with E-state index in [0.717, 1.165) is 36.4 Å². The van der Waals surface area contributed by atoms with Gasteiger partial charge in [-0.25, -0.2) is 4.98 Å². The van der Waals surface area contributed by atoms with Crippen LogP contribution in [0.4, 0.5) is 0 Å². The van der Waals surface area contributed by atoms with Crippen molar-refractivity contribution in [1.29, 1.82) is 0 Å². The zero-order chi connectivity index (χ0) is 19.7. The summed E-state index contributed by atoms with van der Waals surface area (Å²) in [6.45, 7) is 2.72. The lowest BCUT2D eigenvalue weighted by atomic mass is 10.2. The molecule has 0 saturated carbocycles. The summed E-state index contributed by atoms with van der Waals surface area (Å²) >= 11 is 0. The molecular weight excluding hydrogens is 354 g/mol. The minimum atomic E-state index is -0.159. The van der Waals surface area contributed by atoms with Gasteiger partial charge in [0.1, 0.15) is 5.82 Å². The predicted octanol–water partition coefficient (Wildman–Crippen LogP) is 2.68. The number of hydrogen-bond acceptors (Lipinski definition) is 4. The molecule has 144 valence electrons. The molecule has 1 aliphatic heterocycles. The number of carbonyl (C=O) groups excluding carboxylic acids is 2. The average molecular weight is 377 g/mol. The van der Waals surface area contributed by atoms with Crippen LogP contribution in [0.2, 0.25) is 0 Å². The first-order valence-electron chi connectivity index (χ1n) is 9.46. The topological polar surface area (TPSA) is 70.8 Å². The van der Waals surface area contributed by atoms with E-state index in [4.69, 9.17) is 4.98 Å². The molecule has 1 atom stereocenters. The molecule has 1 aliphatic rings. The van der Waals surface area contributed by atoms with Gasteiger partial charge in [-0.2, -0.15) is 0 Å². The number of amides is 2. The minimum Gasteiger partial charge on any atom is -0.334 e. The van der Waals surface area contributed by atoms with Crippen molar-refractivity contribution in [3.8, 4) is 0 Å². The second kappa shape index (κ2) is 7.42. The van der Waals surface area contributed by atoms with Crippen LogP contribution < -0.4 is 0 Å². The number of hydrogen-bond donors (Lipinski definition) is 0. The van der Waals surface area contributed by atoms with Crippen LogP contribution in [0.25, 0.3) is 5.52 Å². The summed E-state index contributed by atoms with van der Waals surface area (Å²) in [7, 11) is 1.75. The van der Waals surface area contributed by atoms with E-state index in [1.165, 1.54) is 0 Å². The third-order valence-corrected chi connectivity index (χ3v) is 5.21. The van der Waals surface area contributed by atoms with Crippen molar-refractivity contribution in [1.82, 2.24) is 24.2 Å². The molecule has 4 heterocycles. The molecule has 0 aliphatic carbocycles. The zero-order valence-electron chi connectivity index (χ0n) is 16.1. The molecule has 2 amide bonds. The normalized spacial score (nSPS) is 16.5. The maximum atomic E-state index is 13.1. The molecular formula is C21H23N5O2. The maximum Gasteiger partial charge on any atom is 0.274 e. The van der Waals surface area contributed by atoms with Crippen molar-refractivity contribution in [3.05, 3.63) is 66.0 Å². The molecule has 7 nitrogen and oxygen atoms in total. The monoisotopic (exact) mass is 377 g/mol. The van der Waals surface area contributed by atoms with Gasteiger partial charge in [0.15, 0.2) is 5.69 Å². The molecule has 3 aromatic heterocycles. The van der Waals surface area contributed by atoms with Crippen LogP contribution in [0.15, 0.2) is 48.8 Å². The standard InChI is InChI=1S/C21H23N5O2/c1-15(27)25-13-7-10-18(25)20-23-19(17-9-4-6-12-26(17)20)21(28)24(2)14-16-8-3-5-11-22-16/h3-6,8-9,11-12,18H,7,10,13-14H2,1-2H3. The van der Waals surface area contributed by atoms with E-state index >= 15 is 0 Å². The van der Waals surface area contributed by atoms with Gasteiger partial charge in [-0.15, -0.1) is 0 Å². The van der Waals surface area contributed by atoms with Crippen LogP contribution in [-0.2, 0) is 11.3 Å². The van der Waals surface area contributed by atoms with Gasteiger partial charge in [0, 0.05) is 32.9 Å². The second-order valence-electron chi connectivity index (χ2n) is 7.13. The highest BCUT2D eigenvalue weighted by Crippen LogP contribution is 2.32. The second-order valence-corrected chi connectivity index (χ2v) is 7.13. The van der Waals surface area contributed by atoms with Gasteiger partial charge in [-0.3, -0.25) is 14.6 Å². The fraction of sp³-hybridized carbons (Fsp3) is 0.333. The highest BCUT2D eigenvalue weighted by Gasteiger charge is 2.33. The van der Waals surface area contributed by atoms with Crippen molar-refractivity contribution >= 4 is 17.3 Å².